The van der Waals surface area contributed by atoms with Crippen LogP contribution in [0.25, 0.3) is 0 Å². The van der Waals surface area contributed by atoms with Gasteiger partial charge in [-0.3, -0.25) is 0 Å². The van der Waals surface area contributed by atoms with Gasteiger partial charge in [0, 0.05) is 6.20 Å². The van der Waals surface area contributed by atoms with Gasteiger partial charge in [0.25, 0.3) is 0 Å². The standard InChI is InChI=1S/C5H5BrN2OS/c1-9-8-3-4-2-7-5(6)10-4/h2-3H,1H3. The van der Waals surface area contributed by atoms with Gasteiger partial charge in [-0.1, -0.05) is 5.16 Å². The van der Waals surface area contributed by atoms with Crippen LogP contribution in [-0.2, 0) is 4.84 Å². The van der Waals surface area contributed by atoms with Crippen molar-refractivity contribution in [3.63, 3.8) is 0 Å². The molecule has 0 amide bonds. The number of rotatable bonds is 2. The van der Waals surface area contributed by atoms with Gasteiger partial charge in [-0.25, -0.2) is 4.98 Å². The molecule has 0 spiro atoms. The maximum Gasteiger partial charge on any atom is 0.159 e. The van der Waals surface area contributed by atoms with Crippen LogP contribution in [0.4, 0.5) is 0 Å². The van der Waals surface area contributed by atoms with Crippen molar-refractivity contribution in [2.75, 3.05) is 7.11 Å². The third kappa shape index (κ3) is 2.07. The number of halogens is 1. The highest BCUT2D eigenvalue weighted by molar-refractivity contribution is 9.11. The maximum absolute atomic E-state index is 4.49. The van der Waals surface area contributed by atoms with Gasteiger partial charge < -0.3 is 4.84 Å². The summed E-state index contributed by atoms with van der Waals surface area (Å²) in [7, 11) is 1.51. The van der Waals surface area contributed by atoms with Gasteiger partial charge in [0.2, 0.25) is 0 Å². The average Bonchev–Trinajstić information content (AvgIpc) is 2.31. The number of hydrogen-bond donors (Lipinski definition) is 0. The van der Waals surface area contributed by atoms with Crippen molar-refractivity contribution in [1.29, 1.82) is 0 Å². The van der Waals surface area contributed by atoms with Crippen molar-refractivity contribution in [1.82, 2.24) is 4.98 Å². The lowest BCUT2D eigenvalue weighted by Crippen LogP contribution is -1.73. The minimum absolute atomic E-state index is 0.852. The lowest BCUT2D eigenvalue weighted by Gasteiger charge is -1.81. The fourth-order valence-electron chi connectivity index (χ4n) is 0.429. The first-order valence-electron chi connectivity index (χ1n) is 2.51. The zero-order valence-corrected chi connectivity index (χ0v) is 7.65. The Morgan fingerprint density at radius 2 is 2.70 bits per heavy atom. The van der Waals surface area contributed by atoms with Crippen molar-refractivity contribution in [2.24, 2.45) is 5.16 Å². The van der Waals surface area contributed by atoms with Crippen LogP contribution in [0.15, 0.2) is 15.3 Å². The Labute approximate surface area is 70.9 Å². The molecule has 0 N–H and O–H groups in total. The van der Waals surface area contributed by atoms with Crippen LogP contribution in [0.1, 0.15) is 4.88 Å². The van der Waals surface area contributed by atoms with Gasteiger partial charge in [0.15, 0.2) is 3.92 Å². The first kappa shape index (κ1) is 7.68. The molecule has 0 atom stereocenters. The van der Waals surface area contributed by atoms with Gasteiger partial charge in [-0.15, -0.1) is 11.3 Å². The van der Waals surface area contributed by atoms with Crippen LogP contribution in [0, 0.1) is 0 Å². The third-order valence-electron chi connectivity index (χ3n) is 0.781. The van der Waals surface area contributed by atoms with Crippen LogP contribution in [0.3, 0.4) is 0 Å². The second-order valence-electron chi connectivity index (χ2n) is 1.43. The van der Waals surface area contributed by atoms with Crippen LogP contribution in [0.2, 0.25) is 0 Å². The fraction of sp³-hybridized carbons (Fsp3) is 0.200. The Bertz CT molecular complexity index is 235. The lowest BCUT2D eigenvalue weighted by molar-refractivity contribution is 0.215. The molecule has 0 aliphatic carbocycles. The monoisotopic (exact) mass is 220 g/mol. The first-order chi connectivity index (χ1) is 4.83. The van der Waals surface area contributed by atoms with Crippen LogP contribution in [-0.4, -0.2) is 18.3 Å². The Morgan fingerprint density at radius 3 is 3.20 bits per heavy atom. The van der Waals surface area contributed by atoms with Crippen molar-refractivity contribution in [3.8, 4) is 0 Å². The van der Waals surface area contributed by atoms with Crippen molar-refractivity contribution in [2.45, 2.75) is 0 Å². The van der Waals surface area contributed by atoms with Crippen LogP contribution >= 0.6 is 27.3 Å². The minimum atomic E-state index is 0.852. The van der Waals surface area contributed by atoms with Crippen molar-refractivity contribution < 1.29 is 4.84 Å². The van der Waals surface area contributed by atoms with Gasteiger partial charge in [-0.2, -0.15) is 0 Å². The first-order valence-corrected chi connectivity index (χ1v) is 4.11. The molecule has 0 bridgehead atoms. The number of hydrogen-bond acceptors (Lipinski definition) is 4. The molecule has 1 heterocycles. The summed E-state index contributed by atoms with van der Waals surface area (Å²) < 4.78 is 0.852. The van der Waals surface area contributed by atoms with E-state index in [9.17, 15) is 0 Å². The second-order valence-corrected chi connectivity index (χ2v) is 3.77. The highest BCUT2D eigenvalue weighted by Crippen LogP contribution is 2.16. The molecule has 1 aromatic rings. The summed E-state index contributed by atoms with van der Waals surface area (Å²) in [5.74, 6) is 0. The minimum Gasteiger partial charge on any atom is -0.399 e. The number of aromatic nitrogens is 1. The Morgan fingerprint density at radius 1 is 1.90 bits per heavy atom. The van der Waals surface area contributed by atoms with E-state index >= 15 is 0 Å². The van der Waals surface area contributed by atoms with E-state index < -0.39 is 0 Å². The summed E-state index contributed by atoms with van der Waals surface area (Å²) >= 11 is 4.73. The van der Waals surface area contributed by atoms with E-state index in [2.05, 4.69) is 30.9 Å². The highest BCUT2D eigenvalue weighted by atomic mass is 79.9. The fourth-order valence-corrected chi connectivity index (χ4v) is 1.59. The van der Waals surface area contributed by atoms with E-state index in [0.29, 0.717) is 0 Å². The summed E-state index contributed by atoms with van der Waals surface area (Å²) in [6.45, 7) is 0. The predicted octanol–water partition coefficient (Wildman–Crippen LogP) is 1.89. The van der Waals surface area contributed by atoms with E-state index in [-0.39, 0.29) is 0 Å². The molecule has 1 rings (SSSR count). The van der Waals surface area contributed by atoms with Crippen LogP contribution in [0.5, 0.6) is 0 Å². The quantitative estimate of drug-likeness (QED) is 0.564. The number of thiazole rings is 1. The molecule has 0 aromatic carbocycles. The Balaban J connectivity index is 2.67. The van der Waals surface area contributed by atoms with E-state index in [1.165, 1.54) is 18.4 Å². The number of nitrogens with zero attached hydrogens (tertiary/aromatic N) is 2. The maximum atomic E-state index is 4.49. The Hall–Kier alpha value is -0.420. The molecule has 0 aliphatic rings. The summed E-state index contributed by atoms with van der Waals surface area (Å²) in [5.41, 5.74) is 0. The smallest absolute Gasteiger partial charge is 0.159 e. The summed E-state index contributed by atoms with van der Waals surface area (Å²) in [6, 6.07) is 0. The molecule has 0 radical (unpaired) electrons. The molecule has 10 heavy (non-hydrogen) atoms. The largest absolute Gasteiger partial charge is 0.399 e. The van der Waals surface area contributed by atoms with E-state index in [1.807, 2.05) is 0 Å². The van der Waals surface area contributed by atoms with Gasteiger partial charge in [-0.05, 0) is 15.9 Å². The molecule has 54 valence electrons. The van der Waals surface area contributed by atoms with Crippen LogP contribution < -0.4 is 0 Å². The summed E-state index contributed by atoms with van der Waals surface area (Å²) in [4.78, 5) is 9.41. The molecule has 5 heteroatoms. The number of oxime groups is 1. The topological polar surface area (TPSA) is 34.5 Å². The van der Waals surface area contributed by atoms with Crippen molar-refractivity contribution >= 4 is 33.5 Å². The van der Waals surface area contributed by atoms with Gasteiger partial charge in [0.05, 0.1) is 11.1 Å². The molecular formula is C5H5BrN2OS. The molecule has 0 saturated carbocycles. The zero-order valence-electron chi connectivity index (χ0n) is 5.24. The molecule has 0 fully saturated rings. The normalized spacial score (nSPS) is 10.6. The molecule has 3 nitrogen and oxygen atoms in total. The summed E-state index contributed by atoms with van der Waals surface area (Å²) in [5, 5.41) is 3.58. The third-order valence-corrected chi connectivity index (χ3v) is 2.19. The van der Waals surface area contributed by atoms with E-state index in [1.54, 1.807) is 12.4 Å². The zero-order chi connectivity index (χ0) is 7.40. The molecule has 0 unspecified atom stereocenters. The predicted molar refractivity (Wildman–Crippen MR) is 44.4 cm³/mol. The SMILES string of the molecule is CON=Cc1cnc(Br)s1. The average molecular weight is 221 g/mol. The van der Waals surface area contributed by atoms with Crippen molar-refractivity contribution in [3.05, 3.63) is 15.0 Å². The van der Waals surface area contributed by atoms with E-state index in [0.717, 1.165) is 8.79 Å². The molecule has 1 aromatic heterocycles. The second kappa shape index (κ2) is 3.68. The lowest BCUT2D eigenvalue weighted by atomic mass is 10.6. The molecular weight excluding hydrogens is 216 g/mol. The molecule has 0 saturated heterocycles. The van der Waals surface area contributed by atoms with Gasteiger partial charge >= 0.3 is 0 Å². The molecule has 0 aliphatic heterocycles. The summed E-state index contributed by atoms with van der Waals surface area (Å²) in [6.07, 6.45) is 3.33. The van der Waals surface area contributed by atoms with Gasteiger partial charge in [0.1, 0.15) is 7.11 Å². The highest BCUT2D eigenvalue weighted by Gasteiger charge is 1.93. The van der Waals surface area contributed by atoms with E-state index in [4.69, 9.17) is 0 Å². The Kier molecular flexibility index (Phi) is 2.82.